The molecule has 0 saturated carbocycles. The Morgan fingerprint density at radius 1 is 1.40 bits per heavy atom. The van der Waals surface area contributed by atoms with E-state index < -0.39 is 5.97 Å². The first kappa shape index (κ1) is 12.1. The molecule has 7 nitrogen and oxygen atoms in total. The summed E-state index contributed by atoms with van der Waals surface area (Å²) in [5, 5.41) is 13.4. The fourth-order valence-electron chi connectivity index (χ4n) is 1.84. The highest BCUT2D eigenvalue weighted by atomic mass is 16.5. The van der Waals surface area contributed by atoms with E-state index in [4.69, 9.17) is 9.84 Å². The predicted octanol–water partition coefficient (Wildman–Crippen LogP) is 1.92. The summed E-state index contributed by atoms with van der Waals surface area (Å²) in [5.41, 5.74) is 1.50. The van der Waals surface area contributed by atoms with Crippen LogP contribution in [0.1, 0.15) is 16.1 Å². The lowest BCUT2D eigenvalue weighted by molar-refractivity contribution is 0.0694. The van der Waals surface area contributed by atoms with Crippen molar-refractivity contribution in [3.05, 3.63) is 48.2 Å². The Morgan fingerprint density at radius 3 is 3.05 bits per heavy atom. The lowest BCUT2D eigenvalue weighted by Gasteiger charge is -2.07. The van der Waals surface area contributed by atoms with Gasteiger partial charge >= 0.3 is 5.97 Å². The molecule has 0 aliphatic heterocycles. The second-order valence-corrected chi connectivity index (χ2v) is 4.13. The van der Waals surface area contributed by atoms with Gasteiger partial charge in [0.25, 0.3) is 0 Å². The quantitative estimate of drug-likeness (QED) is 0.782. The largest absolute Gasteiger partial charge is 0.478 e. The number of carbonyl (C=O) groups is 1. The number of fused-ring (bicyclic) bond motifs is 1. The average Bonchev–Trinajstić information content (AvgIpc) is 2.80. The molecule has 0 atom stereocenters. The van der Waals surface area contributed by atoms with Crippen molar-refractivity contribution in [2.75, 3.05) is 0 Å². The van der Waals surface area contributed by atoms with Crippen molar-refractivity contribution in [3.8, 4) is 11.6 Å². The summed E-state index contributed by atoms with van der Waals surface area (Å²) in [6, 6.07) is 3.18. The number of aryl methyl sites for hydroxylation is 1. The van der Waals surface area contributed by atoms with E-state index in [0.29, 0.717) is 5.52 Å². The molecule has 0 amide bonds. The summed E-state index contributed by atoms with van der Waals surface area (Å²) in [6.45, 7) is 1.85. The van der Waals surface area contributed by atoms with E-state index in [1.165, 1.54) is 24.7 Å². The molecule has 0 aliphatic carbocycles. The molecule has 0 radical (unpaired) electrons. The van der Waals surface area contributed by atoms with E-state index in [0.717, 1.165) is 5.69 Å². The topological polar surface area (TPSA) is 89.6 Å². The van der Waals surface area contributed by atoms with Gasteiger partial charge in [0.05, 0.1) is 11.9 Å². The van der Waals surface area contributed by atoms with Gasteiger partial charge < -0.3 is 9.84 Å². The van der Waals surface area contributed by atoms with E-state index >= 15 is 0 Å². The van der Waals surface area contributed by atoms with Crippen molar-refractivity contribution in [1.82, 2.24) is 19.6 Å². The van der Waals surface area contributed by atoms with Gasteiger partial charge in [-0.2, -0.15) is 5.10 Å². The molecule has 3 aromatic heterocycles. The first-order chi connectivity index (χ1) is 9.65. The lowest BCUT2D eigenvalue weighted by Crippen LogP contribution is -2.02. The highest BCUT2D eigenvalue weighted by molar-refractivity contribution is 5.90. The number of hydrogen-bond acceptors (Lipinski definition) is 5. The third kappa shape index (κ3) is 2.05. The number of rotatable bonds is 3. The van der Waals surface area contributed by atoms with E-state index in [1.807, 2.05) is 6.92 Å². The van der Waals surface area contributed by atoms with Crippen LogP contribution in [-0.4, -0.2) is 30.7 Å². The predicted molar refractivity (Wildman–Crippen MR) is 69.0 cm³/mol. The van der Waals surface area contributed by atoms with Gasteiger partial charge in [-0.15, -0.1) is 0 Å². The lowest BCUT2D eigenvalue weighted by atomic mass is 10.2. The second kappa shape index (κ2) is 4.61. The third-order valence-corrected chi connectivity index (χ3v) is 2.70. The van der Waals surface area contributed by atoms with Gasteiger partial charge in [-0.25, -0.2) is 14.3 Å². The number of hydrogen-bond donors (Lipinski definition) is 1. The highest BCUT2D eigenvalue weighted by Gasteiger charge is 2.14. The summed E-state index contributed by atoms with van der Waals surface area (Å²) in [6.07, 6.45) is 5.97. The van der Waals surface area contributed by atoms with E-state index in [1.54, 1.807) is 16.8 Å². The van der Waals surface area contributed by atoms with Crippen LogP contribution in [0.15, 0.2) is 36.9 Å². The minimum atomic E-state index is -1.08. The minimum Gasteiger partial charge on any atom is -0.478 e. The Morgan fingerprint density at radius 2 is 2.25 bits per heavy atom. The van der Waals surface area contributed by atoms with E-state index in [-0.39, 0.29) is 17.2 Å². The van der Waals surface area contributed by atoms with Gasteiger partial charge in [0.2, 0.25) is 5.88 Å². The van der Waals surface area contributed by atoms with Crippen molar-refractivity contribution in [2.45, 2.75) is 6.92 Å². The monoisotopic (exact) mass is 270 g/mol. The molecule has 100 valence electrons. The zero-order valence-corrected chi connectivity index (χ0v) is 10.5. The fourth-order valence-corrected chi connectivity index (χ4v) is 1.84. The Kier molecular flexibility index (Phi) is 2.79. The van der Waals surface area contributed by atoms with E-state index in [9.17, 15) is 4.79 Å². The highest BCUT2D eigenvalue weighted by Crippen LogP contribution is 2.26. The molecule has 0 unspecified atom stereocenters. The van der Waals surface area contributed by atoms with Gasteiger partial charge in [0.1, 0.15) is 11.1 Å². The molecule has 0 fully saturated rings. The van der Waals surface area contributed by atoms with Crippen LogP contribution in [0.4, 0.5) is 0 Å². The number of carboxylic acid groups (broad SMARTS) is 1. The number of nitrogens with zero attached hydrogens (tertiary/aromatic N) is 4. The molecule has 1 N–H and O–H groups in total. The van der Waals surface area contributed by atoms with Crippen LogP contribution in [-0.2, 0) is 0 Å². The maximum Gasteiger partial charge on any atom is 0.339 e. The third-order valence-electron chi connectivity index (χ3n) is 2.70. The van der Waals surface area contributed by atoms with Crippen molar-refractivity contribution in [3.63, 3.8) is 0 Å². The molecule has 0 aliphatic rings. The summed E-state index contributed by atoms with van der Waals surface area (Å²) in [5.74, 6) is -0.665. The summed E-state index contributed by atoms with van der Waals surface area (Å²) < 4.78 is 7.20. The Balaban J connectivity index is 2.08. The smallest absolute Gasteiger partial charge is 0.339 e. The van der Waals surface area contributed by atoms with Gasteiger partial charge in [0, 0.05) is 18.6 Å². The molecule has 3 heterocycles. The maximum absolute atomic E-state index is 11.1. The summed E-state index contributed by atoms with van der Waals surface area (Å²) in [4.78, 5) is 19.1. The van der Waals surface area contributed by atoms with Gasteiger partial charge in [-0.05, 0) is 19.1 Å². The number of carboxylic acids is 1. The van der Waals surface area contributed by atoms with Crippen LogP contribution in [0.3, 0.4) is 0 Å². The minimum absolute atomic E-state index is 0.0278. The maximum atomic E-state index is 11.1. The fraction of sp³-hybridized carbons (Fsp3) is 0.0769. The molecule has 3 rings (SSSR count). The van der Waals surface area contributed by atoms with E-state index in [2.05, 4.69) is 15.1 Å². The van der Waals surface area contributed by atoms with Crippen molar-refractivity contribution < 1.29 is 14.6 Å². The van der Waals surface area contributed by atoms with Crippen LogP contribution < -0.4 is 4.74 Å². The summed E-state index contributed by atoms with van der Waals surface area (Å²) >= 11 is 0. The molecule has 0 spiro atoms. The first-order valence-corrected chi connectivity index (χ1v) is 5.81. The van der Waals surface area contributed by atoms with Crippen molar-refractivity contribution in [1.29, 1.82) is 0 Å². The molecule has 0 saturated heterocycles. The van der Waals surface area contributed by atoms with Gasteiger partial charge in [0.15, 0.2) is 5.75 Å². The molecular weight excluding hydrogens is 260 g/mol. The number of pyridine rings is 1. The zero-order chi connectivity index (χ0) is 14.1. The Labute approximate surface area is 113 Å². The molecular formula is C13H10N4O3. The van der Waals surface area contributed by atoms with Crippen molar-refractivity contribution >= 4 is 11.5 Å². The number of aromatic carboxylic acids is 1. The molecule has 20 heavy (non-hydrogen) atoms. The normalized spacial score (nSPS) is 10.7. The molecule has 0 bridgehead atoms. The average molecular weight is 270 g/mol. The van der Waals surface area contributed by atoms with Gasteiger partial charge in [-0.1, -0.05) is 0 Å². The van der Waals surface area contributed by atoms with Crippen LogP contribution in [0.2, 0.25) is 0 Å². The van der Waals surface area contributed by atoms with Crippen LogP contribution >= 0.6 is 0 Å². The Hall–Kier alpha value is -2.96. The number of ether oxygens (including phenoxy) is 1. The van der Waals surface area contributed by atoms with Crippen LogP contribution in [0, 0.1) is 6.92 Å². The molecule has 7 heteroatoms. The molecule has 3 aromatic rings. The van der Waals surface area contributed by atoms with Gasteiger partial charge in [-0.3, -0.25) is 4.98 Å². The van der Waals surface area contributed by atoms with Crippen LogP contribution in [0.5, 0.6) is 11.6 Å². The second-order valence-electron chi connectivity index (χ2n) is 4.13. The zero-order valence-electron chi connectivity index (χ0n) is 10.5. The number of aromatic nitrogens is 4. The van der Waals surface area contributed by atoms with Crippen LogP contribution in [0.25, 0.3) is 5.52 Å². The first-order valence-electron chi connectivity index (χ1n) is 5.81. The summed E-state index contributed by atoms with van der Waals surface area (Å²) in [7, 11) is 0. The Bertz CT molecular complexity index is 797. The molecule has 0 aromatic carbocycles. The SMILES string of the molecule is Cc1cc2c(Oc3cnccc3C(=O)O)nccn2n1. The van der Waals surface area contributed by atoms with Crippen molar-refractivity contribution in [2.24, 2.45) is 0 Å². The standard InChI is InChI=1S/C13H10N4O3/c1-8-6-10-12(15-4-5-17(10)16-8)20-11-7-14-3-2-9(11)13(18)19/h2-7H,1H3,(H,18,19).